The molecule has 0 unspecified atom stereocenters. The lowest BCUT2D eigenvalue weighted by Crippen LogP contribution is -2.35. The summed E-state index contributed by atoms with van der Waals surface area (Å²) in [6.45, 7) is 6.00. The van der Waals surface area contributed by atoms with E-state index in [9.17, 15) is 9.59 Å². The topological polar surface area (TPSA) is 70.5 Å². The van der Waals surface area contributed by atoms with Crippen molar-refractivity contribution < 1.29 is 9.59 Å². The van der Waals surface area contributed by atoms with Gasteiger partial charge in [0, 0.05) is 50.9 Å². The summed E-state index contributed by atoms with van der Waals surface area (Å²) in [7, 11) is 3.56. The van der Waals surface area contributed by atoms with Crippen LogP contribution in [0.4, 0.5) is 10.5 Å². The Bertz CT molecular complexity index is 827. The van der Waals surface area contributed by atoms with Crippen LogP contribution in [0.5, 0.6) is 0 Å². The van der Waals surface area contributed by atoms with Crippen molar-refractivity contribution in [3.63, 3.8) is 0 Å². The molecule has 1 aliphatic rings. The van der Waals surface area contributed by atoms with Gasteiger partial charge in [-0.1, -0.05) is 12.1 Å². The van der Waals surface area contributed by atoms with Gasteiger partial charge in [0.25, 0.3) is 0 Å². The molecule has 0 saturated carbocycles. The molecule has 0 spiro atoms. The van der Waals surface area contributed by atoms with E-state index in [4.69, 9.17) is 0 Å². The zero-order chi connectivity index (χ0) is 19.6. The summed E-state index contributed by atoms with van der Waals surface area (Å²) in [4.78, 5) is 27.4. The number of benzene rings is 1. The average Bonchev–Trinajstić information content (AvgIpc) is 3.09. The fourth-order valence-corrected chi connectivity index (χ4v) is 3.47. The number of carbonyl (C=O) groups is 2. The molecule has 2 heterocycles. The smallest absolute Gasteiger partial charge is 0.321 e. The van der Waals surface area contributed by atoms with E-state index < -0.39 is 0 Å². The standard InChI is InChI=1S/C20H27N5O2/c1-14-9-15(2)25(22-14)13-16-5-7-18(8-6-16)21-20(27)24(4)12-17-10-19(26)23(3)11-17/h5-9,17H,10-13H2,1-4H3,(H,21,27)/t17-/m0/s1. The van der Waals surface area contributed by atoms with Gasteiger partial charge in [-0.2, -0.15) is 5.10 Å². The van der Waals surface area contributed by atoms with Crippen molar-refractivity contribution in [3.8, 4) is 0 Å². The van der Waals surface area contributed by atoms with E-state index in [0.717, 1.165) is 22.6 Å². The molecule has 0 aliphatic carbocycles. The number of rotatable bonds is 5. The van der Waals surface area contributed by atoms with E-state index in [1.807, 2.05) is 42.8 Å². The van der Waals surface area contributed by atoms with E-state index >= 15 is 0 Å². The predicted octanol–water partition coefficient (Wildman–Crippen LogP) is 2.49. The van der Waals surface area contributed by atoms with Crippen molar-refractivity contribution in [2.75, 3.05) is 32.5 Å². The quantitative estimate of drug-likeness (QED) is 0.880. The van der Waals surface area contributed by atoms with Crippen LogP contribution >= 0.6 is 0 Å². The van der Waals surface area contributed by atoms with Gasteiger partial charge < -0.3 is 15.1 Å². The maximum absolute atomic E-state index is 12.4. The van der Waals surface area contributed by atoms with Crippen molar-refractivity contribution in [3.05, 3.63) is 47.3 Å². The number of nitrogens with one attached hydrogen (secondary N) is 1. The monoisotopic (exact) mass is 369 g/mol. The third kappa shape index (κ3) is 4.67. The lowest BCUT2D eigenvalue weighted by atomic mass is 10.1. The molecule has 7 heteroatoms. The number of urea groups is 1. The zero-order valence-electron chi connectivity index (χ0n) is 16.4. The molecular weight excluding hydrogens is 342 g/mol. The molecule has 1 saturated heterocycles. The molecule has 27 heavy (non-hydrogen) atoms. The first-order valence-electron chi connectivity index (χ1n) is 9.18. The highest BCUT2D eigenvalue weighted by Crippen LogP contribution is 2.18. The number of nitrogens with zero attached hydrogens (tertiary/aromatic N) is 4. The summed E-state index contributed by atoms with van der Waals surface area (Å²) >= 11 is 0. The van der Waals surface area contributed by atoms with Crippen LogP contribution in [0.2, 0.25) is 0 Å². The van der Waals surface area contributed by atoms with Gasteiger partial charge in [-0.25, -0.2) is 4.79 Å². The number of aryl methyl sites for hydroxylation is 2. The van der Waals surface area contributed by atoms with E-state index in [0.29, 0.717) is 26.1 Å². The Morgan fingerprint density at radius 2 is 2.00 bits per heavy atom. The molecule has 1 aromatic carbocycles. The van der Waals surface area contributed by atoms with Crippen LogP contribution in [-0.2, 0) is 11.3 Å². The molecule has 1 fully saturated rings. The lowest BCUT2D eigenvalue weighted by Gasteiger charge is -2.21. The Hall–Kier alpha value is -2.83. The Morgan fingerprint density at radius 3 is 2.56 bits per heavy atom. The highest BCUT2D eigenvalue weighted by atomic mass is 16.2. The van der Waals surface area contributed by atoms with E-state index in [2.05, 4.69) is 16.5 Å². The molecular formula is C20H27N5O2. The average molecular weight is 369 g/mol. The molecule has 2 aromatic rings. The minimum Gasteiger partial charge on any atom is -0.345 e. The minimum absolute atomic E-state index is 0.145. The van der Waals surface area contributed by atoms with Crippen molar-refractivity contribution >= 4 is 17.6 Å². The van der Waals surface area contributed by atoms with E-state index in [1.54, 1.807) is 23.9 Å². The first-order chi connectivity index (χ1) is 12.8. The Morgan fingerprint density at radius 1 is 1.30 bits per heavy atom. The number of hydrogen-bond donors (Lipinski definition) is 1. The number of anilines is 1. The second-order valence-corrected chi connectivity index (χ2v) is 7.44. The van der Waals surface area contributed by atoms with Crippen LogP contribution in [-0.4, -0.2) is 58.7 Å². The fourth-order valence-electron chi connectivity index (χ4n) is 3.47. The molecule has 1 aliphatic heterocycles. The van der Waals surface area contributed by atoms with Gasteiger partial charge in [-0.15, -0.1) is 0 Å². The largest absolute Gasteiger partial charge is 0.345 e. The lowest BCUT2D eigenvalue weighted by molar-refractivity contribution is -0.126. The summed E-state index contributed by atoms with van der Waals surface area (Å²) in [5.41, 5.74) is 4.01. The second-order valence-electron chi connectivity index (χ2n) is 7.44. The van der Waals surface area contributed by atoms with Crippen LogP contribution in [0.1, 0.15) is 23.4 Å². The van der Waals surface area contributed by atoms with Crippen molar-refractivity contribution in [2.45, 2.75) is 26.8 Å². The van der Waals surface area contributed by atoms with Crippen LogP contribution in [0.15, 0.2) is 30.3 Å². The Balaban J connectivity index is 1.53. The third-order valence-corrected chi connectivity index (χ3v) is 4.94. The molecule has 3 amide bonds. The molecule has 0 bridgehead atoms. The van der Waals surface area contributed by atoms with Gasteiger partial charge in [0.15, 0.2) is 0 Å². The highest BCUT2D eigenvalue weighted by Gasteiger charge is 2.28. The number of amides is 3. The molecule has 0 radical (unpaired) electrons. The van der Waals surface area contributed by atoms with Gasteiger partial charge in [-0.05, 0) is 37.6 Å². The second kappa shape index (κ2) is 7.82. The molecule has 3 rings (SSSR count). The highest BCUT2D eigenvalue weighted by molar-refractivity contribution is 5.89. The third-order valence-electron chi connectivity index (χ3n) is 4.94. The zero-order valence-corrected chi connectivity index (χ0v) is 16.4. The van der Waals surface area contributed by atoms with Crippen LogP contribution in [0, 0.1) is 19.8 Å². The summed E-state index contributed by atoms with van der Waals surface area (Å²) in [5.74, 6) is 0.341. The molecule has 7 nitrogen and oxygen atoms in total. The summed E-state index contributed by atoms with van der Waals surface area (Å²) in [6.07, 6.45) is 0.509. The fraction of sp³-hybridized carbons (Fsp3) is 0.450. The molecule has 1 atom stereocenters. The molecule has 144 valence electrons. The number of aromatic nitrogens is 2. The number of likely N-dealkylation sites (tertiary alicyclic amines) is 1. The van der Waals surface area contributed by atoms with Crippen LogP contribution < -0.4 is 5.32 Å². The van der Waals surface area contributed by atoms with Gasteiger partial charge in [0.1, 0.15) is 0 Å². The van der Waals surface area contributed by atoms with Crippen LogP contribution in [0.25, 0.3) is 0 Å². The first kappa shape index (κ1) is 18.9. The normalized spacial score (nSPS) is 16.7. The predicted molar refractivity (Wildman–Crippen MR) is 105 cm³/mol. The van der Waals surface area contributed by atoms with Crippen molar-refractivity contribution in [1.29, 1.82) is 0 Å². The maximum atomic E-state index is 12.4. The van der Waals surface area contributed by atoms with Gasteiger partial charge in [0.2, 0.25) is 5.91 Å². The molecule has 1 aromatic heterocycles. The summed E-state index contributed by atoms with van der Waals surface area (Å²) in [5, 5.41) is 7.38. The minimum atomic E-state index is -0.164. The first-order valence-corrected chi connectivity index (χ1v) is 9.18. The summed E-state index contributed by atoms with van der Waals surface area (Å²) in [6, 6.07) is 9.69. The van der Waals surface area contributed by atoms with Gasteiger partial charge >= 0.3 is 6.03 Å². The SMILES string of the molecule is Cc1cc(C)n(Cc2ccc(NC(=O)N(C)C[C@H]3CC(=O)N(C)C3)cc2)n1. The van der Waals surface area contributed by atoms with Crippen LogP contribution in [0.3, 0.4) is 0 Å². The number of carbonyl (C=O) groups excluding carboxylic acids is 2. The molecule has 1 N–H and O–H groups in total. The van der Waals surface area contributed by atoms with Gasteiger partial charge in [-0.3, -0.25) is 9.48 Å². The van der Waals surface area contributed by atoms with Gasteiger partial charge in [0.05, 0.1) is 12.2 Å². The summed E-state index contributed by atoms with van der Waals surface area (Å²) < 4.78 is 1.97. The number of hydrogen-bond acceptors (Lipinski definition) is 3. The van der Waals surface area contributed by atoms with E-state index in [-0.39, 0.29) is 17.9 Å². The van der Waals surface area contributed by atoms with Crippen molar-refractivity contribution in [2.24, 2.45) is 5.92 Å². The Kier molecular flexibility index (Phi) is 5.48. The Labute approximate surface area is 159 Å². The van der Waals surface area contributed by atoms with Crippen molar-refractivity contribution in [1.82, 2.24) is 19.6 Å². The maximum Gasteiger partial charge on any atom is 0.321 e. The van der Waals surface area contributed by atoms with E-state index in [1.165, 1.54) is 0 Å².